The second-order valence-electron chi connectivity index (χ2n) is 3.04. The largest absolute Gasteiger partial charge is 0.469 e. The van der Waals surface area contributed by atoms with E-state index in [9.17, 15) is 4.79 Å². The molecule has 0 amide bonds. The summed E-state index contributed by atoms with van der Waals surface area (Å²) in [6.07, 6.45) is 4.98. The van der Waals surface area contributed by atoms with Gasteiger partial charge in [-0.3, -0.25) is 4.79 Å². The molecule has 0 fully saturated rings. The van der Waals surface area contributed by atoms with Crippen molar-refractivity contribution in [1.82, 2.24) is 0 Å². The first kappa shape index (κ1) is 8.31. The first-order valence-corrected chi connectivity index (χ1v) is 3.97. The zero-order valence-electron chi connectivity index (χ0n) is 7.09. The van der Waals surface area contributed by atoms with E-state index in [1.165, 1.54) is 12.7 Å². The molecule has 2 nitrogen and oxygen atoms in total. The number of allylic oxidation sites excluding steroid dienone is 2. The summed E-state index contributed by atoms with van der Waals surface area (Å²) in [6, 6.07) is 0. The summed E-state index contributed by atoms with van der Waals surface area (Å²) in [7, 11) is 1.45. The van der Waals surface area contributed by atoms with E-state index in [0.717, 1.165) is 19.3 Å². The average Bonchev–Trinajstić information content (AvgIpc) is 2.05. The molecule has 1 rings (SSSR count). The molecule has 62 valence electrons. The fourth-order valence-electron chi connectivity index (χ4n) is 1.35. The van der Waals surface area contributed by atoms with Gasteiger partial charge in [0.25, 0.3) is 0 Å². The van der Waals surface area contributed by atoms with E-state index in [0.29, 0.717) is 0 Å². The molecule has 0 aromatic rings. The minimum atomic E-state index is -0.0613. The number of hydrogen-bond acceptors (Lipinski definition) is 2. The Bertz CT molecular complexity index is 182. The van der Waals surface area contributed by atoms with Crippen molar-refractivity contribution in [3.63, 3.8) is 0 Å². The minimum absolute atomic E-state index is 0.0613. The van der Waals surface area contributed by atoms with Gasteiger partial charge in [0, 0.05) is 0 Å². The maximum absolute atomic E-state index is 11.0. The van der Waals surface area contributed by atoms with Crippen LogP contribution in [-0.4, -0.2) is 13.1 Å². The van der Waals surface area contributed by atoms with Gasteiger partial charge in [-0.2, -0.15) is 0 Å². The molecule has 1 atom stereocenters. The summed E-state index contributed by atoms with van der Waals surface area (Å²) >= 11 is 0. The maximum atomic E-state index is 11.0. The molecule has 0 aliphatic heterocycles. The Morgan fingerprint density at radius 3 is 2.91 bits per heavy atom. The van der Waals surface area contributed by atoms with Crippen molar-refractivity contribution >= 4 is 5.97 Å². The predicted molar refractivity (Wildman–Crippen MR) is 43.1 cm³/mol. The van der Waals surface area contributed by atoms with Crippen LogP contribution in [0.15, 0.2) is 11.6 Å². The maximum Gasteiger partial charge on any atom is 0.308 e. The second kappa shape index (κ2) is 3.56. The van der Waals surface area contributed by atoms with Gasteiger partial charge >= 0.3 is 5.97 Å². The highest BCUT2D eigenvalue weighted by Gasteiger charge is 2.20. The van der Waals surface area contributed by atoms with Gasteiger partial charge in [-0.15, -0.1) is 0 Å². The van der Waals surface area contributed by atoms with E-state index in [4.69, 9.17) is 0 Å². The monoisotopic (exact) mass is 154 g/mol. The van der Waals surface area contributed by atoms with Crippen LogP contribution in [0.3, 0.4) is 0 Å². The topological polar surface area (TPSA) is 26.3 Å². The second-order valence-corrected chi connectivity index (χ2v) is 3.04. The SMILES string of the molecule is COC(=O)[C@@H]1CC=C(C)CC1. The molecule has 11 heavy (non-hydrogen) atoms. The minimum Gasteiger partial charge on any atom is -0.469 e. The number of hydrogen-bond donors (Lipinski definition) is 0. The van der Waals surface area contributed by atoms with Gasteiger partial charge in [0.05, 0.1) is 13.0 Å². The van der Waals surface area contributed by atoms with Crippen molar-refractivity contribution in [3.8, 4) is 0 Å². The summed E-state index contributed by atoms with van der Waals surface area (Å²) in [5, 5.41) is 0. The number of rotatable bonds is 1. The van der Waals surface area contributed by atoms with Gasteiger partial charge in [-0.25, -0.2) is 0 Å². The zero-order valence-corrected chi connectivity index (χ0v) is 7.09. The highest BCUT2D eigenvalue weighted by atomic mass is 16.5. The summed E-state index contributed by atoms with van der Waals surface area (Å²) in [6.45, 7) is 2.10. The first-order valence-electron chi connectivity index (χ1n) is 3.97. The fraction of sp³-hybridized carbons (Fsp3) is 0.667. The lowest BCUT2D eigenvalue weighted by molar-refractivity contribution is -0.145. The molecule has 0 saturated heterocycles. The Hall–Kier alpha value is -0.790. The van der Waals surface area contributed by atoms with Gasteiger partial charge in [-0.05, 0) is 26.2 Å². The highest BCUT2D eigenvalue weighted by Crippen LogP contribution is 2.23. The number of methoxy groups -OCH3 is 1. The van der Waals surface area contributed by atoms with Crippen molar-refractivity contribution in [1.29, 1.82) is 0 Å². The van der Waals surface area contributed by atoms with E-state index < -0.39 is 0 Å². The number of ether oxygens (including phenoxy) is 1. The molecule has 0 N–H and O–H groups in total. The quantitative estimate of drug-likeness (QED) is 0.426. The van der Waals surface area contributed by atoms with E-state index in [1.54, 1.807) is 0 Å². The molecular weight excluding hydrogens is 140 g/mol. The smallest absolute Gasteiger partial charge is 0.308 e. The van der Waals surface area contributed by atoms with E-state index in [1.807, 2.05) is 0 Å². The molecule has 0 radical (unpaired) electrons. The zero-order chi connectivity index (χ0) is 8.27. The van der Waals surface area contributed by atoms with Gasteiger partial charge in [0.2, 0.25) is 0 Å². The van der Waals surface area contributed by atoms with Crippen LogP contribution in [0.25, 0.3) is 0 Å². The van der Waals surface area contributed by atoms with Crippen LogP contribution < -0.4 is 0 Å². The number of carbonyl (C=O) groups excluding carboxylic acids is 1. The molecule has 0 bridgehead atoms. The van der Waals surface area contributed by atoms with Gasteiger partial charge in [0.15, 0.2) is 0 Å². The third-order valence-corrected chi connectivity index (χ3v) is 2.17. The normalized spacial score (nSPS) is 24.2. The van der Waals surface area contributed by atoms with Crippen LogP contribution >= 0.6 is 0 Å². The molecule has 1 aliphatic rings. The molecule has 2 heteroatoms. The van der Waals surface area contributed by atoms with Crippen LogP contribution in [0.2, 0.25) is 0 Å². The molecule has 0 spiro atoms. The number of esters is 1. The Kier molecular flexibility index (Phi) is 2.69. The predicted octanol–water partition coefficient (Wildman–Crippen LogP) is 1.91. The van der Waals surface area contributed by atoms with Crippen LogP contribution in [0, 0.1) is 5.92 Å². The number of carbonyl (C=O) groups is 1. The van der Waals surface area contributed by atoms with Crippen molar-refractivity contribution in [2.75, 3.05) is 7.11 Å². The summed E-state index contributed by atoms with van der Waals surface area (Å²) < 4.78 is 4.66. The van der Waals surface area contributed by atoms with Crippen molar-refractivity contribution < 1.29 is 9.53 Å². The summed E-state index contributed by atoms with van der Waals surface area (Å²) in [5.41, 5.74) is 1.39. The Morgan fingerprint density at radius 1 is 1.73 bits per heavy atom. The summed E-state index contributed by atoms with van der Waals surface area (Å²) in [5.74, 6) is 0.0532. The molecule has 0 heterocycles. The Morgan fingerprint density at radius 2 is 2.45 bits per heavy atom. The fourth-order valence-corrected chi connectivity index (χ4v) is 1.35. The van der Waals surface area contributed by atoms with E-state index in [2.05, 4.69) is 17.7 Å². The van der Waals surface area contributed by atoms with Crippen LogP contribution in [-0.2, 0) is 9.53 Å². The molecule has 0 aromatic heterocycles. The van der Waals surface area contributed by atoms with E-state index in [-0.39, 0.29) is 11.9 Å². The molecular formula is C9H14O2. The third-order valence-electron chi connectivity index (χ3n) is 2.17. The van der Waals surface area contributed by atoms with Gasteiger partial charge < -0.3 is 4.74 Å². The van der Waals surface area contributed by atoms with Crippen molar-refractivity contribution in [3.05, 3.63) is 11.6 Å². The standard InChI is InChI=1S/C9H14O2/c1-7-3-5-8(6-4-7)9(10)11-2/h3,8H,4-6H2,1-2H3/t8-/m1/s1. The third kappa shape index (κ3) is 2.07. The molecule has 0 unspecified atom stereocenters. The van der Waals surface area contributed by atoms with Crippen molar-refractivity contribution in [2.24, 2.45) is 5.92 Å². The van der Waals surface area contributed by atoms with Crippen LogP contribution in [0.5, 0.6) is 0 Å². The summed E-state index contributed by atoms with van der Waals surface area (Å²) in [4.78, 5) is 11.0. The van der Waals surface area contributed by atoms with Gasteiger partial charge in [-0.1, -0.05) is 11.6 Å². The highest BCUT2D eigenvalue weighted by molar-refractivity contribution is 5.72. The van der Waals surface area contributed by atoms with Crippen LogP contribution in [0.1, 0.15) is 26.2 Å². The lowest BCUT2D eigenvalue weighted by Gasteiger charge is -2.17. The first-order chi connectivity index (χ1) is 5.24. The lowest BCUT2D eigenvalue weighted by Crippen LogP contribution is -2.17. The van der Waals surface area contributed by atoms with Crippen molar-refractivity contribution in [2.45, 2.75) is 26.2 Å². The van der Waals surface area contributed by atoms with Gasteiger partial charge in [0.1, 0.15) is 0 Å². The molecule has 0 aromatic carbocycles. The Balaban J connectivity index is 2.47. The molecule has 0 saturated carbocycles. The molecule has 1 aliphatic carbocycles. The average molecular weight is 154 g/mol. The van der Waals surface area contributed by atoms with Crippen LogP contribution in [0.4, 0.5) is 0 Å². The van der Waals surface area contributed by atoms with E-state index >= 15 is 0 Å². The lowest BCUT2D eigenvalue weighted by atomic mass is 9.90. The Labute approximate surface area is 67.2 Å².